The average Bonchev–Trinajstić information content (AvgIpc) is 2.61. The van der Waals surface area contributed by atoms with Gasteiger partial charge in [-0.2, -0.15) is 0 Å². The summed E-state index contributed by atoms with van der Waals surface area (Å²) in [5.41, 5.74) is 2.26. The van der Waals surface area contributed by atoms with Gasteiger partial charge in [0, 0.05) is 30.9 Å². The summed E-state index contributed by atoms with van der Waals surface area (Å²) < 4.78 is 0. The molecule has 2 rings (SSSR count). The van der Waals surface area contributed by atoms with Crippen LogP contribution >= 0.6 is 0 Å². The smallest absolute Gasteiger partial charge is 0.317 e. The van der Waals surface area contributed by atoms with Crippen molar-refractivity contribution in [2.75, 3.05) is 25.0 Å². The lowest BCUT2D eigenvalue weighted by Crippen LogP contribution is -2.51. The van der Waals surface area contributed by atoms with Crippen LogP contribution in [0.25, 0.3) is 0 Å². The monoisotopic (exact) mass is 388 g/mol. The van der Waals surface area contributed by atoms with Crippen LogP contribution in [0.2, 0.25) is 0 Å². The Bertz CT molecular complexity index is 711. The van der Waals surface area contributed by atoms with Gasteiger partial charge in [0.1, 0.15) is 0 Å². The van der Waals surface area contributed by atoms with Crippen molar-refractivity contribution >= 4 is 23.5 Å². The highest BCUT2D eigenvalue weighted by Crippen LogP contribution is 2.19. The zero-order valence-corrected chi connectivity index (χ0v) is 17.5. The van der Waals surface area contributed by atoms with E-state index in [-0.39, 0.29) is 17.5 Å². The molecule has 1 aliphatic heterocycles. The van der Waals surface area contributed by atoms with Crippen molar-refractivity contribution in [2.45, 2.75) is 53.0 Å². The van der Waals surface area contributed by atoms with Crippen molar-refractivity contribution in [1.82, 2.24) is 15.5 Å². The third kappa shape index (κ3) is 6.25. The summed E-state index contributed by atoms with van der Waals surface area (Å²) in [5, 5.41) is 8.39. The summed E-state index contributed by atoms with van der Waals surface area (Å²) in [6.07, 6.45) is 1.60. The molecule has 0 spiro atoms. The van der Waals surface area contributed by atoms with Crippen LogP contribution in [0.1, 0.15) is 44.7 Å². The molecular weight excluding hydrogens is 356 g/mol. The van der Waals surface area contributed by atoms with Gasteiger partial charge in [0.05, 0.1) is 0 Å². The molecule has 154 valence electrons. The molecule has 1 saturated heterocycles. The molecule has 0 bridgehead atoms. The number of likely N-dealkylation sites (tertiary alicyclic amines) is 1. The molecule has 1 heterocycles. The maximum atomic E-state index is 12.2. The Morgan fingerprint density at radius 2 is 1.61 bits per heavy atom. The number of carbonyl (C=O) groups is 3. The van der Waals surface area contributed by atoms with Gasteiger partial charge >= 0.3 is 17.8 Å². The first-order chi connectivity index (χ1) is 13.1. The van der Waals surface area contributed by atoms with Crippen LogP contribution < -0.4 is 16.0 Å². The van der Waals surface area contributed by atoms with E-state index >= 15 is 0 Å². The number of rotatable bonds is 3. The second kappa shape index (κ2) is 9.08. The second-order valence-corrected chi connectivity index (χ2v) is 8.54. The number of para-hydroxylation sites is 1. The highest BCUT2D eigenvalue weighted by Gasteiger charge is 2.26. The van der Waals surface area contributed by atoms with Crippen LogP contribution in [0.4, 0.5) is 10.5 Å². The maximum Gasteiger partial charge on any atom is 0.317 e. The maximum absolute atomic E-state index is 12.2. The van der Waals surface area contributed by atoms with E-state index in [4.69, 9.17) is 0 Å². The second-order valence-electron chi connectivity index (χ2n) is 8.54. The van der Waals surface area contributed by atoms with Crippen molar-refractivity contribution in [3.8, 4) is 0 Å². The van der Waals surface area contributed by atoms with E-state index in [1.165, 1.54) is 0 Å². The lowest BCUT2D eigenvalue weighted by molar-refractivity contribution is -0.136. The van der Waals surface area contributed by atoms with Crippen LogP contribution in [0.5, 0.6) is 0 Å². The number of carbonyl (C=O) groups excluding carboxylic acids is 3. The van der Waals surface area contributed by atoms with E-state index in [0.717, 1.165) is 24.0 Å². The van der Waals surface area contributed by atoms with Gasteiger partial charge in [0.15, 0.2) is 0 Å². The van der Waals surface area contributed by atoms with Gasteiger partial charge in [0.25, 0.3) is 0 Å². The zero-order chi connectivity index (χ0) is 20.9. The van der Waals surface area contributed by atoms with Gasteiger partial charge in [-0.25, -0.2) is 4.79 Å². The summed E-state index contributed by atoms with van der Waals surface area (Å²) in [4.78, 5) is 38.3. The highest BCUT2D eigenvalue weighted by atomic mass is 16.2. The van der Waals surface area contributed by atoms with E-state index in [1.54, 1.807) is 4.90 Å². The van der Waals surface area contributed by atoms with E-state index in [2.05, 4.69) is 16.0 Å². The van der Waals surface area contributed by atoms with E-state index in [0.29, 0.717) is 25.3 Å². The summed E-state index contributed by atoms with van der Waals surface area (Å²) in [5.74, 6) is -1.02. The van der Waals surface area contributed by atoms with Crippen molar-refractivity contribution in [2.24, 2.45) is 5.92 Å². The number of piperidine rings is 1. The Labute approximate surface area is 167 Å². The van der Waals surface area contributed by atoms with Crippen molar-refractivity contribution in [3.05, 3.63) is 29.3 Å². The third-order valence-electron chi connectivity index (χ3n) is 4.86. The van der Waals surface area contributed by atoms with Crippen molar-refractivity contribution < 1.29 is 14.4 Å². The SMILES string of the molecule is Cc1cccc(C)c1NC(=O)C(=O)NCC1CCN(C(=O)NC(C)(C)C)CC1. The molecule has 0 radical (unpaired) electrons. The average molecular weight is 389 g/mol. The Morgan fingerprint density at radius 3 is 2.14 bits per heavy atom. The van der Waals surface area contributed by atoms with Gasteiger partial charge < -0.3 is 20.9 Å². The number of benzene rings is 1. The standard InChI is InChI=1S/C21H32N4O3/c1-14-7-6-8-15(2)17(14)23-19(27)18(26)22-13-16-9-11-25(12-10-16)20(28)24-21(3,4)5/h6-8,16H,9-13H2,1-5H3,(H,22,26)(H,23,27)(H,24,28). The van der Waals surface area contributed by atoms with Crippen LogP contribution in [0.15, 0.2) is 18.2 Å². The Balaban J connectivity index is 1.76. The molecule has 7 heteroatoms. The molecule has 0 saturated carbocycles. The van der Waals surface area contributed by atoms with Crippen LogP contribution in [0, 0.1) is 19.8 Å². The van der Waals surface area contributed by atoms with Gasteiger partial charge in [-0.15, -0.1) is 0 Å². The zero-order valence-electron chi connectivity index (χ0n) is 17.5. The molecule has 0 aromatic heterocycles. The molecule has 28 heavy (non-hydrogen) atoms. The molecule has 1 aromatic rings. The van der Waals surface area contributed by atoms with Gasteiger partial charge in [-0.05, 0) is 64.5 Å². The molecule has 4 amide bonds. The molecule has 1 aromatic carbocycles. The Kier molecular flexibility index (Phi) is 7.05. The largest absolute Gasteiger partial charge is 0.348 e. The summed E-state index contributed by atoms with van der Waals surface area (Å²) >= 11 is 0. The van der Waals surface area contributed by atoms with Crippen molar-refractivity contribution in [3.63, 3.8) is 0 Å². The predicted molar refractivity (Wildman–Crippen MR) is 110 cm³/mol. The molecule has 7 nitrogen and oxygen atoms in total. The minimum Gasteiger partial charge on any atom is -0.348 e. The van der Waals surface area contributed by atoms with Crippen LogP contribution in [-0.2, 0) is 9.59 Å². The lowest BCUT2D eigenvalue weighted by atomic mass is 9.97. The lowest BCUT2D eigenvalue weighted by Gasteiger charge is -2.34. The Morgan fingerprint density at radius 1 is 1.04 bits per heavy atom. The number of urea groups is 1. The van der Waals surface area contributed by atoms with Gasteiger partial charge in [0.2, 0.25) is 0 Å². The number of aryl methyl sites for hydroxylation is 2. The van der Waals surface area contributed by atoms with Gasteiger partial charge in [-0.3, -0.25) is 9.59 Å². The molecule has 0 aliphatic carbocycles. The molecule has 3 N–H and O–H groups in total. The van der Waals surface area contributed by atoms with Gasteiger partial charge in [-0.1, -0.05) is 18.2 Å². The number of nitrogens with zero attached hydrogens (tertiary/aromatic N) is 1. The first-order valence-corrected chi connectivity index (χ1v) is 9.79. The number of hydrogen-bond acceptors (Lipinski definition) is 3. The fourth-order valence-electron chi connectivity index (χ4n) is 3.24. The molecule has 1 aliphatic rings. The molecule has 0 unspecified atom stereocenters. The number of amides is 4. The number of hydrogen-bond donors (Lipinski definition) is 3. The van der Waals surface area contributed by atoms with E-state index < -0.39 is 11.8 Å². The highest BCUT2D eigenvalue weighted by molar-refractivity contribution is 6.39. The normalized spacial score (nSPS) is 15.1. The molecular formula is C21H32N4O3. The molecule has 1 fully saturated rings. The minimum atomic E-state index is -0.653. The van der Waals surface area contributed by atoms with E-state index in [9.17, 15) is 14.4 Å². The fraction of sp³-hybridized carbons (Fsp3) is 0.571. The quantitative estimate of drug-likeness (QED) is 0.695. The summed E-state index contributed by atoms with van der Waals surface area (Å²) in [6.45, 7) is 11.4. The van der Waals surface area contributed by atoms with E-state index in [1.807, 2.05) is 52.8 Å². The first-order valence-electron chi connectivity index (χ1n) is 9.79. The van der Waals surface area contributed by atoms with Crippen LogP contribution in [0.3, 0.4) is 0 Å². The number of anilines is 1. The molecule has 0 atom stereocenters. The Hall–Kier alpha value is -2.57. The summed E-state index contributed by atoms with van der Waals surface area (Å²) in [7, 11) is 0. The van der Waals surface area contributed by atoms with Crippen LogP contribution in [-0.4, -0.2) is 47.9 Å². The predicted octanol–water partition coefficient (Wildman–Crippen LogP) is 2.58. The minimum absolute atomic E-state index is 0.0528. The number of nitrogens with one attached hydrogen (secondary N) is 3. The topological polar surface area (TPSA) is 90.5 Å². The third-order valence-corrected chi connectivity index (χ3v) is 4.86. The first kappa shape index (κ1) is 21.7. The summed E-state index contributed by atoms with van der Waals surface area (Å²) in [6, 6.07) is 5.64. The van der Waals surface area contributed by atoms with Crippen molar-refractivity contribution in [1.29, 1.82) is 0 Å². The fourth-order valence-corrected chi connectivity index (χ4v) is 3.24.